The summed E-state index contributed by atoms with van der Waals surface area (Å²) >= 11 is 8.12. The Kier molecular flexibility index (Phi) is 6.26. The molecule has 0 aliphatic heterocycles. The Bertz CT molecular complexity index is 1150. The highest BCUT2D eigenvalue weighted by Gasteiger charge is 2.18. The van der Waals surface area contributed by atoms with E-state index in [9.17, 15) is 0 Å². The number of thioether (sulfide) groups is 1. The fourth-order valence-electron chi connectivity index (χ4n) is 3.15. The second kappa shape index (κ2) is 9.24. The maximum absolute atomic E-state index is 6.42. The molecule has 2 aromatic heterocycles. The van der Waals surface area contributed by atoms with Gasteiger partial charge < -0.3 is 9.47 Å². The Morgan fingerprint density at radius 3 is 2.43 bits per heavy atom. The van der Waals surface area contributed by atoms with Gasteiger partial charge in [-0.05, 0) is 42.0 Å². The van der Waals surface area contributed by atoms with Crippen LogP contribution in [0.15, 0.2) is 78.1 Å². The molecule has 0 fully saturated rings. The van der Waals surface area contributed by atoms with Crippen LogP contribution >= 0.6 is 23.4 Å². The summed E-state index contributed by atoms with van der Waals surface area (Å²) in [4.78, 5) is 5.09. The zero-order valence-corrected chi connectivity index (χ0v) is 18.2. The molecule has 4 aromatic rings. The second-order valence-electron chi connectivity index (χ2n) is 6.43. The first-order chi connectivity index (χ1) is 14.7. The minimum atomic E-state index is 0.627. The van der Waals surface area contributed by atoms with Crippen molar-refractivity contribution < 1.29 is 9.47 Å². The number of hydrogen-bond donors (Lipinski definition) is 0. The van der Waals surface area contributed by atoms with Crippen molar-refractivity contribution in [2.24, 2.45) is 0 Å². The van der Waals surface area contributed by atoms with Crippen LogP contribution in [0.5, 0.6) is 11.5 Å². The fourth-order valence-corrected chi connectivity index (χ4v) is 4.36. The van der Waals surface area contributed by atoms with Gasteiger partial charge in [-0.15, -0.1) is 11.8 Å². The largest absolute Gasteiger partial charge is 0.496 e. The van der Waals surface area contributed by atoms with Crippen molar-refractivity contribution in [3.8, 4) is 28.4 Å². The molecule has 2 aromatic carbocycles. The number of methoxy groups -OCH3 is 2. The van der Waals surface area contributed by atoms with E-state index in [-0.39, 0.29) is 0 Å². The molecular weight excluding hydrogens is 418 g/mol. The van der Waals surface area contributed by atoms with Crippen molar-refractivity contribution in [3.63, 3.8) is 0 Å². The van der Waals surface area contributed by atoms with Crippen LogP contribution in [-0.4, -0.2) is 29.0 Å². The van der Waals surface area contributed by atoms with E-state index in [0.717, 1.165) is 33.3 Å². The van der Waals surface area contributed by atoms with E-state index in [0.29, 0.717) is 10.8 Å². The summed E-state index contributed by atoms with van der Waals surface area (Å²) in [6.07, 6.45) is 5.36. The standard InChI is InChI=1S/C23H20ClN3O2S/c1-28-21-14-22(29-2)23(30-15-16-7-10-25-11-8-16)13-17(21)19-9-12-26-27(19)20-6-4-3-5-18(20)24/h3-14H,15H2,1-2H3. The first kappa shape index (κ1) is 20.3. The monoisotopic (exact) mass is 437 g/mol. The molecule has 5 nitrogen and oxygen atoms in total. The van der Waals surface area contributed by atoms with Gasteiger partial charge in [-0.3, -0.25) is 4.98 Å². The highest BCUT2D eigenvalue weighted by Crippen LogP contribution is 2.42. The average molecular weight is 438 g/mol. The van der Waals surface area contributed by atoms with Crippen molar-refractivity contribution in [1.82, 2.24) is 14.8 Å². The topological polar surface area (TPSA) is 49.2 Å². The first-order valence-corrected chi connectivity index (χ1v) is 10.6. The molecule has 7 heteroatoms. The molecule has 0 aliphatic carbocycles. The molecule has 0 N–H and O–H groups in total. The fraction of sp³-hybridized carbons (Fsp3) is 0.130. The Morgan fingerprint density at radius 2 is 1.70 bits per heavy atom. The summed E-state index contributed by atoms with van der Waals surface area (Å²) in [5.41, 5.74) is 3.79. The van der Waals surface area contributed by atoms with E-state index in [1.54, 1.807) is 44.6 Å². The van der Waals surface area contributed by atoms with Gasteiger partial charge in [0.15, 0.2) is 0 Å². The molecular formula is C23H20ClN3O2S. The number of pyridine rings is 1. The Labute approximate surface area is 184 Å². The molecule has 2 heterocycles. The Morgan fingerprint density at radius 1 is 0.933 bits per heavy atom. The number of para-hydroxylation sites is 1. The maximum Gasteiger partial charge on any atom is 0.136 e. The summed E-state index contributed by atoms with van der Waals surface area (Å²) < 4.78 is 13.1. The number of halogens is 1. The van der Waals surface area contributed by atoms with Gasteiger partial charge in [-0.25, -0.2) is 4.68 Å². The number of ether oxygens (including phenoxy) is 2. The zero-order valence-electron chi connectivity index (χ0n) is 16.6. The van der Waals surface area contributed by atoms with Gasteiger partial charge in [0, 0.05) is 29.8 Å². The number of nitrogens with zero attached hydrogens (tertiary/aromatic N) is 3. The molecule has 0 amide bonds. The summed E-state index contributed by atoms with van der Waals surface area (Å²) in [5.74, 6) is 2.27. The molecule has 0 saturated heterocycles. The van der Waals surface area contributed by atoms with Crippen LogP contribution in [0.2, 0.25) is 5.02 Å². The molecule has 0 atom stereocenters. The highest BCUT2D eigenvalue weighted by molar-refractivity contribution is 7.98. The molecule has 0 aliphatic rings. The molecule has 4 rings (SSSR count). The van der Waals surface area contributed by atoms with Gasteiger partial charge >= 0.3 is 0 Å². The van der Waals surface area contributed by atoms with E-state index in [1.807, 2.05) is 53.2 Å². The number of benzene rings is 2. The number of hydrogen-bond acceptors (Lipinski definition) is 5. The minimum Gasteiger partial charge on any atom is -0.496 e. The van der Waals surface area contributed by atoms with Crippen LogP contribution in [0.4, 0.5) is 0 Å². The molecule has 0 spiro atoms. The average Bonchev–Trinajstić information content (AvgIpc) is 3.27. The first-order valence-electron chi connectivity index (χ1n) is 9.28. The summed E-state index contributed by atoms with van der Waals surface area (Å²) in [6, 6.07) is 17.6. The lowest BCUT2D eigenvalue weighted by molar-refractivity contribution is 0.388. The lowest BCUT2D eigenvalue weighted by Gasteiger charge is -2.16. The van der Waals surface area contributed by atoms with E-state index in [4.69, 9.17) is 21.1 Å². The van der Waals surface area contributed by atoms with Crippen LogP contribution in [0.3, 0.4) is 0 Å². The van der Waals surface area contributed by atoms with Gasteiger partial charge in [0.1, 0.15) is 11.5 Å². The van der Waals surface area contributed by atoms with Crippen molar-refractivity contribution >= 4 is 23.4 Å². The van der Waals surface area contributed by atoms with Gasteiger partial charge in [0.25, 0.3) is 0 Å². The third kappa shape index (κ3) is 4.15. The molecule has 0 saturated carbocycles. The van der Waals surface area contributed by atoms with E-state index < -0.39 is 0 Å². The highest BCUT2D eigenvalue weighted by atomic mass is 35.5. The van der Waals surface area contributed by atoms with E-state index in [2.05, 4.69) is 16.1 Å². The lowest BCUT2D eigenvalue weighted by atomic mass is 10.1. The maximum atomic E-state index is 6.42. The lowest BCUT2D eigenvalue weighted by Crippen LogP contribution is -2.01. The van der Waals surface area contributed by atoms with Gasteiger partial charge in [0.2, 0.25) is 0 Å². The predicted octanol–water partition coefficient (Wildman–Crippen LogP) is 5.90. The van der Waals surface area contributed by atoms with Crippen LogP contribution in [0.25, 0.3) is 16.9 Å². The second-order valence-corrected chi connectivity index (χ2v) is 7.85. The molecule has 0 radical (unpaired) electrons. The van der Waals surface area contributed by atoms with Crippen LogP contribution < -0.4 is 9.47 Å². The summed E-state index contributed by atoms with van der Waals surface area (Å²) in [7, 11) is 3.32. The number of aromatic nitrogens is 3. The summed E-state index contributed by atoms with van der Waals surface area (Å²) in [6.45, 7) is 0. The van der Waals surface area contributed by atoms with Crippen LogP contribution in [-0.2, 0) is 5.75 Å². The van der Waals surface area contributed by atoms with Gasteiger partial charge in [0.05, 0.1) is 41.7 Å². The molecule has 30 heavy (non-hydrogen) atoms. The molecule has 0 bridgehead atoms. The van der Waals surface area contributed by atoms with E-state index in [1.165, 1.54) is 5.56 Å². The van der Waals surface area contributed by atoms with E-state index >= 15 is 0 Å². The zero-order chi connectivity index (χ0) is 20.9. The Balaban J connectivity index is 1.77. The normalized spacial score (nSPS) is 10.8. The van der Waals surface area contributed by atoms with Gasteiger partial charge in [-0.2, -0.15) is 5.10 Å². The van der Waals surface area contributed by atoms with Crippen molar-refractivity contribution in [2.75, 3.05) is 14.2 Å². The van der Waals surface area contributed by atoms with Crippen LogP contribution in [0, 0.1) is 0 Å². The van der Waals surface area contributed by atoms with Crippen LogP contribution in [0.1, 0.15) is 5.56 Å². The third-order valence-electron chi connectivity index (χ3n) is 4.63. The minimum absolute atomic E-state index is 0.627. The molecule has 0 unspecified atom stereocenters. The molecule has 152 valence electrons. The van der Waals surface area contributed by atoms with Gasteiger partial charge in [-0.1, -0.05) is 23.7 Å². The Hall–Kier alpha value is -2.96. The van der Waals surface area contributed by atoms with Crippen molar-refractivity contribution in [1.29, 1.82) is 0 Å². The quantitative estimate of drug-likeness (QED) is 0.337. The SMILES string of the molecule is COc1cc(OC)c(-c2ccnn2-c2ccccc2Cl)cc1SCc1ccncc1. The summed E-state index contributed by atoms with van der Waals surface area (Å²) in [5, 5.41) is 5.12. The third-order valence-corrected chi connectivity index (χ3v) is 6.06. The predicted molar refractivity (Wildman–Crippen MR) is 121 cm³/mol. The smallest absolute Gasteiger partial charge is 0.136 e. The number of rotatable bonds is 7. The van der Waals surface area contributed by atoms with Crippen molar-refractivity contribution in [3.05, 3.63) is 83.8 Å². The van der Waals surface area contributed by atoms with Crippen molar-refractivity contribution in [2.45, 2.75) is 10.6 Å².